The van der Waals surface area contributed by atoms with E-state index in [0.29, 0.717) is 17.9 Å². The van der Waals surface area contributed by atoms with Gasteiger partial charge in [0.05, 0.1) is 6.61 Å². The van der Waals surface area contributed by atoms with Crippen LogP contribution in [0.15, 0.2) is 54.6 Å². The SMILES string of the molecule is CNC(=O)c1ccc(NC(=O)COCc2ccccc2)cc1. The van der Waals surface area contributed by atoms with Crippen molar-refractivity contribution in [2.75, 3.05) is 19.0 Å². The van der Waals surface area contributed by atoms with E-state index in [0.717, 1.165) is 5.56 Å². The third-order valence-electron chi connectivity index (χ3n) is 3.00. The van der Waals surface area contributed by atoms with Crippen molar-refractivity contribution in [2.45, 2.75) is 6.61 Å². The fraction of sp³-hybridized carbons (Fsp3) is 0.176. The average molecular weight is 298 g/mol. The van der Waals surface area contributed by atoms with Crippen molar-refractivity contribution < 1.29 is 14.3 Å². The van der Waals surface area contributed by atoms with E-state index in [2.05, 4.69) is 10.6 Å². The molecule has 5 nitrogen and oxygen atoms in total. The minimum Gasteiger partial charge on any atom is -0.367 e. The fourth-order valence-electron chi connectivity index (χ4n) is 1.88. The third-order valence-corrected chi connectivity index (χ3v) is 3.00. The van der Waals surface area contributed by atoms with Crippen molar-refractivity contribution in [1.29, 1.82) is 0 Å². The van der Waals surface area contributed by atoms with Crippen molar-refractivity contribution in [1.82, 2.24) is 5.32 Å². The second kappa shape index (κ2) is 7.95. The summed E-state index contributed by atoms with van der Waals surface area (Å²) in [6, 6.07) is 16.3. The minimum absolute atomic E-state index is 0.0217. The van der Waals surface area contributed by atoms with Gasteiger partial charge in [-0.25, -0.2) is 0 Å². The van der Waals surface area contributed by atoms with Crippen LogP contribution in [-0.2, 0) is 16.1 Å². The van der Waals surface area contributed by atoms with Crippen LogP contribution >= 0.6 is 0 Å². The molecular weight excluding hydrogens is 280 g/mol. The molecule has 0 bridgehead atoms. The van der Waals surface area contributed by atoms with Gasteiger partial charge in [-0.05, 0) is 29.8 Å². The maximum atomic E-state index is 11.8. The van der Waals surface area contributed by atoms with Crippen LogP contribution in [0.5, 0.6) is 0 Å². The van der Waals surface area contributed by atoms with Gasteiger partial charge in [0, 0.05) is 18.3 Å². The highest BCUT2D eigenvalue weighted by molar-refractivity contribution is 5.95. The second-order valence-electron chi connectivity index (χ2n) is 4.68. The Morgan fingerprint density at radius 3 is 2.32 bits per heavy atom. The molecule has 0 fully saturated rings. The molecular formula is C17H18N2O3. The van der Waals surface area contributed by atoms with Gasteiger partial charge >= 0.3 is 0 Å². The van der Waals surface area contributed by atoms with Crippen molar-refractivity contribution in [3.05, 3.63) is 65.7 Å². The molecule has 114 valence electrons. The number of hydrogen-bond donors (Lipinski definition) is 2. The number of nitrogens with one attached hydrogen (secondary N) is 2. The third kappa shape index (κ3) is 4.71. The highest BCUT2D eigenvalue weighted by atomic mass is 16.5. The van der Waals surface area contributed by atoms with Crippen molar-refractivity contribution in [3.8, 4) is 0 Å². The lowest BCUT2D eigenvalue weighted by molar-refractivity contribution is -0.121. The van der Waals surface area contributed by atoms with E-state index in [1.165, 1.54) is 0 Å². The Morgan fingerprint density at radius 2 is 1.68 bits per heavy atom. The minimum atomic E-state index is -0.233. The first-order valence-corrected chi connectivity index (χ1v) is 6.92. The van der Waals surface area contributed by atoms with Crippen LogP contribution in [0.3, 0.4) is 0 Å². The molecule has 0 radical (unpaired) electrons. The first kappa shape index (κ1) is 15.7. The molecule has 0 heterocycles. The number of carbonyl (C=O) groups excluding carboxylic acids is 2. The quantitative estimate of drug-likeness (QED) is 0.859. The lowest BCUT2D eigenvalue weighted by Gasteiger charge is -2.07. The zero-order valence-electron chi connectivity index (χ0n) is 12.3. The molecule has 0 aromatic heterocycles. The monoisotopic (exact) mass is 298 g/mol. The number of carbonyl (C=O) groups is 2. The number of anilines is 1. The molecule has 2 amide bonds. The van der Waals surface area contributed by atoms with Crippen LogP contribution in [0, 0.1) is 0 Å². The number of benzene rings is 2. The predicted octanol–water partition coefficient (Wildman–Crippen LogP) is 2.20. The molecule has 2 aromatic rings. The lowest BCUT2D eigenvalue weighted by atomic mass is 10.2. The van der Waals surface area contributed by atoms with E-state index >= 15 is 0 Å². The molecule has 0 aliphatic carbocycles. The van der Waals surface area contributed by atoms with E-state index in [9.17, 15) is 9.59 Å². The first-order chi connectivity index (χ1) is 10.7. The van der Waals surface area contributed by atoms with E-state index < -0.39 is 0 Å². The van der Waals surface area contributed by atoms with Crippen molar-refractivity contribution in [3.63, 3.8) is 0 Å². The first-order valence-electron chi connectivity index (χ1n) is 6.92. The van der Waals surface area contributed by atoms with Crippen LogP contribution in [0.1, 0.15) is 15.9 Å². The van der Waals surface area contributed by atoms with Gasteiger partial charge in [0.2, 0.25) is 5.91 Å². The van der Waals surface area contributed by atoms with Gasteiger partial charge in [-0.15, -0.1) is 0 Å². The molecule has 0 aliphatic heterocycles. The summed E-state index contributed by atoms with van der Waals surface area (Å²) in [7, 11) is 1.57. The maximum absolute atomic E-state index is 11.8. The molecule has 2 rings (SSSR count). The van der Waals surface area contributed by atoms with E-state index in [4.69, 9.17) is 4.74 Å². The van der Waals surface area contributed by atoms with Crippen molar-refractivity contribution >= 4 is 17.5 Å². The standard InChI is InChI=1S/C17H18N2O3/c1-18-17(21)14-7-9-15(10-8-14)19-16(20)12-22-11-13-5-3-2-4-6-13/h2-10H,11-12H2,1H3,(H,18,21)(H,19,20). The van der Waals surface area contributed by atoms with E-state index in [1.54, 1.807) is 31.3 Å². The topological polar surface area (TPSA) is 67.4 Å². The van der Waals surface area contributed by atoms with Gasteiger partial charge in [0.15, 0.2) is 0 Å². The van der Waals surface area contributed by atoms with Gasteiger partial charge in [-0.3, -0.25) is 9.59 Å². The largest absolute Gasteiger partial charge is 0.367 e. The molecule has 22 heavy (non-hydrogen) atoms. The molecule has 2 N–H and O–H groups in total. The highest BCUT2D eigenvalue weighted by Gasteiger charge is 2.05. The summed E-state index contributed by atoms with van der Waals surface area (Å²) < 4.78 is 5.36. The molecule has 0 spiro atoms. The normalized spacial score (nSPS) is 10.0. The van der Waals surface area contributed by atoms with Gasteiger partial charge < -0.3 is 15.4 Å². The number of amides is 2. The van der Waals surface area contributed by atoms with Crippen LogP contribution in [0.4, 0.5) is 5.69 Å². The Bertz CT molecular complexity index is 624. The molecule has 0 saturated carbocycles. The number of rotatable bonds is 6. The van der Waals surface area contributed by atoms with Gasteiger partial charge in [0.1, 0.15) is 6.61 Å². The Kier molecular flexibility index (Phi) is 5.68. The Balaban J connectivity index is 1.78. The molecule has 0 saturated heterocycles. The Hall–Kier alpha value is -2.66. The fourth-order valence-corrected chi connectivity index (χ4v) is 1.88. The van der Waals surface area contributed by atoms with Crippen LogP contribution < -0.4 is 10.6 Å². The van der Waals surface area contributed by atoms with E-state index in [-0.39, 0.29) is 18.4 Å². The maximum Gasteiger partial charge on any atom is 0.251 e. The van der Waals surface area contributed by atoms with Gasteiger partial charge in [-0.1, -0.05) is 30.3 Å². The van der Waals surface area contributed by atoms with Crippen LogP contribution in [0.2, 0.25) is 0 Å². The second-order valence-corrected chi connectivity index (χ2v) is 4.68. The summed E-state index contributed by atoms with van der Waals surface area (Å²) in [6.07, 6.45) is 0. The molecule has 0 unspecified atom stereocenters. The summed E-state index contributed by atoms with van der Waals surface area (Å²) in [5, 5.41) is 5.26. The summed E-state index contributed by atoms with van der Waals surface area (Å²) in [6.45, 7) is 0.371. The zero-order chi connectivity index (χ0) is 15.8. The van der Waals surface area contributed by atoms with E-state index in [1.807, 2.05) is 30.3 Å². The summed E-state index contributed by atoms with van der Waals surface area (Å²) in [4.78, 5) is 23.2. The van der Waals surface area contributed by atoms with Crippen LogP contribution in [0.25, 0.3) is 0 Å². The molecule has 0 aliphatic rings. The zero-order valence-corrected chi connectivity index (χ0v) is 12.3. The average Bonchev–Trinajstić information content (AvgIpc) is 2.56. The van der Waals surface area contributed by atoms with Gasteiger partial charge in [-0.2, -0.15) is 0 Å². The lowest BCUT2D eigenvalue weighted by Crippen LogP contribution is -2.19. The van der Waals surface area contributed by atoms with Gasteiger partial charge in [0.25, 0.3) is 5.91 Å². The van der Waals surface area contributed by atoms with Crippen LogP contribution in [-0.4, -0.2) is 25.5 Å². The summed E-state index contributed by atoms with van der Waals surface area (Å²) in [5.74, 6) is -0.396. The Morgan fingerprint density at radius 1 is 1.00 bits per heavy atom. The highest BCUT2D eigenvalue weighted by Crippen LogP contribution is 2.09. The number of hydrogen-bond acceptors (Lipinski definition) is 3. The summed E-state index contributed by atoms with van der Waals surface area (Å²) >= 11 is 0. The number of ether oxygens (including phenoxy) is 1. The molecule has 5 heteroatoms. The summed E-state index contributed by atoms with van der Waals surface area (Å²) in [5.41, 5.74) is 2.19. The predicted molar refractivity (Wildman–Crippen MR) is 84.6 cm³/mol. The molecule has 0 atom stereocenters. The molecule has 2 aromatic carbocycles. The Labute approximate surface area is 129 Å². The van der Waals surface area contributed by atoms with Crippen molar-refractivity contribution in [2.24, 2.45) is 0 Å². The smallest absolute Gasteiger partial charge is 0.251 e.